The number of carbonyl (C=O) groups excluding carboxylic acids is 1. The van der Waals surface area contributed by atoms with Crippen molar-refractivity contribution in [3.63, 3.8) is 0 Å². The van der Waals surface area contributed by atoms with Crippen LogP contribution >= 0.6 is 0 Å². The lowest BCUT2D eigenvalue weighted by Crippen LogP contribution is -2.25. The monoisotopic (exact) mass is 281 g/mol. The highest BCUT2D eigenvalue weighted by molar-refractivity contribution is 5.97. The highest BCUT2D eigenvalue weighted by Gasteiger charge is 2.11. The molecule has 0 aliphatic carbocycles. The molecule has 2 heteroatoms. The van der Waals surface area contributed by atoms with Gasteiger partial charge >= 0.3 is 0 Å². The highest BCUT2D eigenvalue weighted by atomic mass is 16.1. The summed E-state index contributed by atoms with van der Waals surface area (Å²) in [6, 6.07) is 18.2. The molecule has 0 aromatic heterocycles. The summed E-state index contributed by atoms with van der Waals surface area (Å²) in [5.41, 5.74) is 3.21. The molecule has 0 aliphatic rings. The minimum absolute atomic E-state index is 0.236. The summed E-state index contributed by atoms with van der Waals surface area (Å²) >= 11 is 0. The lowest BCUT2D eigenvalue weighted by atomic mass is 10.0. The number of hydrogen-bond acceptors (Lipinski definition) is 2. The normalized spacial score (nSPS) is 10.8. The molecule has 2 nitrogen and oxygen atoms in total. The van der Waals surface area contributed by atoms with Crippen LogP contribution in [-0.4, -0.2) is 23.8 Å². The maximum absolute atomic E-state index is 12.3. The van der Waals surface area contributed by atoms with Crippen LogP contribution in [0.15, 0.2) is 54.6 Å². The van der Waals surface area contributed by atoms with Crippen molar-refractivity contribution in [2.75, 3.05) is 13.1 Å². The smallest absolute Gasteiger partial charge is 0.164 e. The molecule has 0 heterocycles. The minimum Gasteiger partial charge on any atom is -0.299 e. The van der Waals surface area contributed by atoms with Crippen LogP contribution in [0, 0.1) is 6.92 Å². The van der Waals surface area contributed by atoms with Gasteiger partial charge < -0.3 is 0 Å². The van der Waals surface area contributed by atoms with E-state index < -0.39 is 0 Å². The van der Waals surface area contributed by atoms with Crippen LogP contribution in [0.3, 0.4) is 0 Å². The molecule has 0 amide bonds. The van der Waals surface area contributed by atoms with Gasteiger partial charge in [-0.1, -0.05) is 61.5 Å². The zero-order valence-electron chi connectivity index (χ0n) is 12.9. The third-order valence-corrected chi connectivity index (χ3v) is 3.80. The van der Waals surface area contributed by atoms with Crippen molar-refractivity contribution in [2.24, 2.45) is 0 Å². The Balaban J connectivity index is 1.91. The van der Waals surface area contributed by atoms with Gasteiger partial charge in [0.25, 0.3) is 0 Å². The van der Waals surface area contributed by atoms with E-state index in [0.29, 0.717) is 6.42 Å². The fourth-order valence-electron chi connectivity index (χ4n) is 2.47. The average Bonchev–Trinajstić information content (AvgIpc) is 2.52. The summed E-state index contributed by atoms with van der Waals surface area (Å²) in [7, 11) is 0. The molecule has 0 fully saturated rings. The Morgan fingerprint density at radius 1 is 1.00 bits per heavy atom. The van der Waals surface area contributed by atoms with E-state index in [0.717, 1.165) is 30.8 Å². The zero-order chi connectivity index (χ0) is 15.1. The molecule has 0 radical (unpaired) electrons. The van der Waals surface area contributed by atoms with Gasteiger partial charge in [-0.15, -0.1) is 0 Å². The molecule has 0 N–H and O–H groups in total. The molecule has 0 saturated heterocycles. The molecule has 0 aliphatic heterocycles. The van der Waals surface area contributed by atoms with Crippen molar-refractivity contribution in [1.82, 2.24) is 4.90 Å². The zero-order valence-corrected chi connectivity index (χ0v) is 12.9. The Kier molecular flexibility index (Phi) is 5.70. The quantitative estimate of drug-likeness (QED) is 0.712. The maximum Gasteiger partial charge on any atom is 0.164 e. The third kappa shape index (κ3) is 4.54. The Labute approximate surface area is 127 Å². The number of aryl methyl sites for hydroxylation is 1. The Bertz CT molecular complexity index is 577. The second-order valence-corrected chi connectivity index (χ2v) is 5.34. The Hall–Kier alpha value is -1.93. The summed E-state index contributed by atoms with van der Waals surface area (Å²) in [5.74, 6) is 0.236. The molecular weight excluding hydrogens is 258 g/mol. The molecule has 0 saturated carbocycles. The van der Waals surface area contributed by atoms with Crippen molar-refractivity contribution >= 4 is 5.78 Å². The predicted octanol–water partition coefficient (Wildman–Crippen LogP) is 4.09. The van der Waals surface area contributed by atoms with Crippen molar-refractivity contribution in [3.05, 3.63) is 71.3 Å². The molecular formula is C19H23NO. The molecule has 0 unspecified atom stereocenters. The van der Waals surface area contributed by atoms with Crippen LogP contribution in [0.2, 0.25) is 0 Å². The van der Waals surface area contributed by atoms with Crippen LogP contribution in [-0.2, 0) is 6.54 Å². The number of benzene rings is 2. The van der Waals surface area contributed by atoms with E-state index in [4.69, 9.17) is 0 Å². The summed E-state index contributed by atoms with van der Waals surface area (Å²) in [6.07, 6.45) is 0.575. The Morgan fingerprint density at radius 2 is 1.67 bits per heavy atom. The van der Waals surface area contributed by atoms with Crippen LogP contribution in [0.4, 0.5) is 0 Å². The second-order valence-electron chi connectivity index (χ2n) is 5.34. The number of rotatable bonds is 7. The van der Waals surface area contributed by atoms with E-state index in [1.54, 1.807) is 0 Å². The van der Waals surface area contributed by atoms with E-state index in [1.165, 1.54) is 5.56 Å². The van der Waals surface area contributed by atoms with Gasteiger partial charge in [0.15, 0.2) is 5.78 Å². The van der Waals surface area contributed by atoms with Crippen LogP contribution < -0.4 is 0 Å². The molecule has 110 valence electrons. The summed E-state index contributed by atoms with van der Waals surface area (Å²) in [5, 5.41) is 0. The van der Waals surface area contributed by atoms with Crippen LogP contribution in [0.5, 0.6) is 0 Å². The van der Waals surface area contributed by atoms with Gasteiger partial charge in [-0.3, -0.25) is 9.69 Å². The first-order valence-corrected chi connectivity index (χ1v) is 7.56. The summed E-state index contributed by atoms with van der Waals surface area (Å²) in [6.45, 7) is 6.79. The molecule has 0 spiro atoms. The highest BCUT2D eigenvalue weighted by Crippen LogP contribution is 2.11. The van der Waals surface area contributed by atoms with Gasteiger partial charge in [0.2, 0.25) is 0 Å². The predicted molar refractivity (Wildman–Crippen MR) is 87.5 cm³/mol. The molecule has 0 bridgehead atoms. The van der Waals surface area contributed by atoms with E-state index in [1.807, 2.05) is 37.3 Å². The van der Waals surface area contributed by atoms with Crippen LogP contribution in [0.25, 0.3) is 0 Å². The van der Waals surface area contributed by atoms with Gasteiger partial charge in [0.05, 0.1) is 0 Å². The molecule has 2 aromatic carbocycles. The number of carbonyl (C=O) groups is 1. The first-order chi connectivity index (χ1) is 10.2. The van der Waals surface area contributed by atoms with Gasteiger partial charge in [0, 0.05) is 25.1 Å². The van der Waals surface area contributed by atoms with Crippen molar-refractivity contribution in [2.45, 2.75) is 26.8 Å². The standard InChI is InChI=1S/C19H23NO/c1-3-20(15-17-10-5-4-6-11-17)14-13-19(21)18-12-8-7-9-16(18)2/h4-12H,3,13-15H2,1-2H3. The molecule has 2 aromatic rings. The van der Waals surface area contributed by atoms with Gasteiger partial charge in [-0.25, -0.2) is 0 Å². The number of hydrogen-bond donors (Lipinski definition) is 0. The number of Topliss-reactive ketones (excluding diaryl/α,β-unsaturated/α-hetero) is 1. The first kappa shape index (κ1) is 15.5. The lowest BCUT2D eigenvalue weighted by Gasteiger charge is -2.20. The molecule has 2 rings (SSSR count). The average molecular weight is 281 g/mol. The van der Waals surface area contributed by atoms with Gasteiger partial charge in [-0.05, 0) is 24.6 Å². The largest absolute Gasteiger partial charge is 0.299 e. The van der Waals surface area contributed by atoms with E-state index in [9.17, 15) is 4.79 Å². The lowest BCUT2D eigenvalue weighted by molar-refractivity contribution is 0.0963. The fourth-order valence-corrected chi connectivity index (χ4v) is 2.47. The fraction of sp³-hybridized carbons (Fsp3) is 0.316. The molecule has 0 atom stereocenters. The minimum atomic E-state index is 0.236. The topological polar surface area (TPSA) is 20.3 Å². The van der Waals surface area contributed by atoms with E-state index in [2.05, 4.69) is 36.1 Å². The van der Waals surface area contributed by atoms with Crippen molar-refractivity contribution < 1.29 is 4.79 Å². The summed E-state index contributed by atoms with van der Waals surface area (Å²) < 4.78 is 0. The van der Waals surface area contributed by atoms with E-state index in [-0.39, 0.29) is 5.78 Å². The van der Waals surface area contributed by atoms with Gasteiger partial charge in [0.1, 0.15) is 0 Å². The van der Waals surface area contributed by atoms with E-state index >= 15 is 0 Å². The molecule has 21 heavy (non-hydrogen) atoms. The Morgan fingerprint density at radius 3 is 2.33 bits per heavy atom. The number of ketones is 1. The maximum atomic E-state index is 12.3. The third-order valence-electron chi connectivity index (χ3n) is 3.80. The van der Waals surface area contributed by atoms with Crippen LogP contribution in [0.1, 0.15) is 34.8 Å². The van der Waals surface area contributed by atoms with Crippen molar-refractivity contribution in [3.8, 4) is 0 Å². The summed E-state index contributed by atoms with van der Waals surface area (Å²) in [4.78, 5) is 14.6. The van der Waals surface area contributed by atoms with Crippen molar-refractivity contribution in [1.29, 1.82) is 0 Å². The number of nitrogens with zero attached hydrogens (tertiary/aromatic N) is 1. The SMILES string of the molecule is CCN(CCC(=O)c1ccccc1C)Cc1ccccc1. The second kappa shape index (κ2) is 7.75. The van der Waals surface area contributed by atoms with Gasteiger partial charge in [-0.2, -0.15) is 0 Å². The first-order valence-electron chi connectivity index (χ1n) is 7.56.